The molecule has 10 rings (SSSR count). The van der Waals surface area contributed by atoms with Crippen molar-refractivity contribution in [2.24, 2.45) is 0 Å². The third kappa shape index (κ3) is 4.00. The van der Waals surface area contributed by atoms with Crippen molar-refractivity contribution in [1.29, 1.82) is 0 Å². The SMILES string of the molecule is Fc1c2ccccc2c(-c2cccc3[se]c4cc(-c5c6ccccc6c(-c6ccccc6)c6ccccc56)ccc4c23)c2ccccc12. The van der Waals surface area contributed by atoms with Crippen molar-refractivity contribution in [1.82, 2.24) is 0 Å². The molecule has 2 heteroatoms. The van der Waals surface area contributed by atoms with E-state index >= 15 is 4.39 Å². The molecule has 0 aliphatic carbocycles. The Labute approximate surface area is 283 Å². The normalized spacial score (nSPS) is 11.9. The van der Waals surface area contributed by atoms with Gasteiger partial charge in [0.05, 0.1) is 0 Å². The Morgan fingerprint density at radius 2 is 0.812 bits per heavy atom. The number of rotatable bonds is 3. The molecule has 0 saturated heterocycles. The molecule has 0 radical (unpaired) electrons. The zero-order valence-corrected chi connectivity index (χ0v) is 27.6. The van der Waals surface area contributed by atoms with Crippen LogP contribution >= 0.6 is 0 Å². The monoisotopic (exact) mass is 678 g/mol. The van der Waals surface area contributed by atoms with Crippen molar-refractivity contribution in [2.45, 2.75) is 0 Å². The van der Waals surface area contributed by atoms with Crippen LogP contribution in [0, 0.1) is 5.82 Å². The molecule has 1 heterocycles. The molecular weight excluding hydrogens is 650 g/mol. The molecule has 0 nitrogen and oxygen atoms in total. The Morgan fingerprint density at radius 1 is 0.333 bits per heavy atom. The summed E-state index contributed by atoms with van der Waals surface area (Å²) in [5.41, 5.74) is 7.34. The van der Waals surface area contributed by atoms with Crippen molar-refractivity contribution in [3.63, 3.8) is 0 Å². The van der Waals surface area contributed by atoms with Crippen LogP contribution in [0.5, 0.6) is 0 Å². The molecule has 0 bridgehead atoms. The molecule has 48 heavy (non-hydrogen) atoms. The van der Waals surface area contributed by atoms with E-state index in [2.05, 4.69) is 127 Å². The molecule has 0 fully saturated rings. The van der Waals surface area contributed by atoms with Crippen molar-refractivity contribution >= 4 is 76.9 Å². The van der Waals surface area contributed by atoms with Gasteiger partial charge in [0.15, 0.2) is 0 Å². The van der Waals surface area contributed by atoms with E-state index in [9.17, 15) is 0 Å². The topological polar surface area (TPSA) is 0 Å². The second kappa shape index (κ2) is 10.8. The predicted molar refractivity (Wildman–Crippen MR) is 205 cm³/mol. The molecule has 0 N–H and O–H groups in total. The van der Waals surface area contributed by atoms with Crippen LogP contribution in [0.3, 0.4) is 0 Å². The fourth-order valence-corrected chi connectivity index (χ4v) is 10.4. The average Bonchev–Trinajstić information content (AvgIpc) is 3.53. The minimum absolute atomic E-state index is 0.137. The van der Waals surface area contributed by atoms with Gasteiger partial charge in [0.25, 0.3) is 0 Å². The second-order valence-electron chi connectivity index (χ2n) is 12.5. The van der Waals surface area contributed by atoms with E-state index in [0.717, 1.165) is 16.3 Å². The van der Waals surface area contributed by atoms with Gasteiger partial charge in [-0.25, -0.2) is 0 Å². The van der Waals surface area contributed by atoms with Crippen molar-refractivity contribution < 1.29 is 4.39 Å². The number of halogens is 1. The van der Waals surface area contributed by atoms with Gasteiger partial charge in [0, 0.05) is 0 Å². The number of hydrogen-bond donors (Lipinski definition) is 0. The van der Waals surface area contributed by atoms with Crippen LogP contribution in [0.4, 0.5) is 4.39 Å². The maximum atomic E-state index is 15.8. The summed E-state index contributed by atoms with van der Waals surface area (Å²) in [6, 6.07) is 58.1. The summed E-state index contributed by atoms with van der Waals surface area (Å²) in [7, 11) is 0. The third-order valence-electron chi connectivity index (χ3n) is 9.91. The molecule has 9 aromatic carbocycles. The average molecular weight is 678 g/mol. The van der Waals surface area contributed by atoms with Gasteiger partial charge >= 0.3 is 284 Å². The molecule has 0 amide bonds. The molecule has 0 unspecified atom stereocenters. The van der Waals surface area contributed by atoms with Gasteiger partial charge in [-0.05, 0) is 0 Å². The molecule has 0 saturated carbocycles. The van der Waals surface area contributed by atoms with E-state index in [0.29, 0.717) is 10.8 Å². The first-order valence-corrected chi connectivity index (χ1v) is 18.0. The Kier molecular flexibility index (Phi) is 6.18. The standard InChI is InChI=1S/C46H27FSe/c47-46-36-21-10-8-19-34(36)44(35-20-9-11-22-37(35)46)39-23-12-24-40-45(39)38-26-25-29(27-41(38)48-40)43-32-17-6-4-15-30(32)42(28-13-2-1-3-14-28)31-16-5-7-18-33(31)43/h1-27H. The van der Waals surface area contributed by atoms with Gasteiger partial charge in [0.1, 0.15) is 0 Å². The molecule has 224 valence electrons. The van der Waals surface area contributed by atoms with Gasteiger partial charge in [-0.2, -0.15) is 0 Å². The summed E-state index contributed by atoms with van der Waals surface area (Å²) >= 11 is 0.137. The van der Waals surface area contributed by atoms with Crippen LogP contribution in [0.1, 0.15) is 0 Å². The van der Waals surface area contributed by atoms with E-state index in [-0.39, 0.29) is 20.3 Å². The Morgan fingerprint density at radius 3 is 1.38 bits per heavy atom. The molecular formula is C46H27FSe. The predicted octanol–water partition coefficient (Wildman–Crippen LogP) is 12.8. The van der Waals surface area contributed by atoms with Crippen molar-refractivity contribution in [3.8, 4) is 33.4 Å². The van der Waals surface area contributed by atoms with Crippen LogP contribution in [0.2, 0.25) is 0 Å². The third-order valence-corrected chi connectivity index (χ3v) is 12.3. The van der Waals surface area contributed by atoms with E-state index in [4.69, 9.17) is 0 Å². The van der Waals surface area contributed by atoms with Crippen LogP contribution in [0.15, 0.2) is 164 Å². The van der Waals surface area contributed by atoms with Crippen molar-refractivity contribution in [3.05, 3.63) is 170 Å². The van der Waals surface area contributed by atoms with Crippen LogP contribution in [-0.4, -0.2) is 14.5 Å². The maximum absolute atomic E-state index is 15.8. The van der Waals surface area contributed by atoms with Crippen LogP contribution in [0.25, 0.3) is 95.8 Å². The molecule has 0 atom stereocenters. The summed E-state index contributed by atoms with van der Waals surface area (Å²) in [6.45, 7) is 0. The first-order chi connectivity index (χ1) is 23.8. The van der Waals surface area contributed by atoms with E-state index < -0.39 is 0 Å². The summed E-state index contributed by atoms with van der Waals surface area (Å²) in [4.78, 5) is 0. The first kappa shape index (κ1) is 27.6. The Hall–Kier alpha value is -5.53. The second-order valence-corrected chi connectivity index (χ2v) is 14.8. The van der Waals surface area contributed by atoms with E-state index in [1.54, 1.807) is 0 Å². The quantitative estimate of drug-likeness (QED) is 0.129. The van der Waals surface area contributed by atoms with E-state index in [1.807, 2.05) is 36.4 Å². The van der Waals surface area contributed by atoms with Gasteiger partial charge in [-0.15, -0.1) is 0 Å². The summed E-state index contributed by atoms with van der Waals surface area (Å²) in [6.07, 6.45) is 0. The summed E-state index contributed by atoms with van der Waals surface area (Å²) < 4.78 is 18.6. The first-order valence-electron chi connectivity index (χ1n) is 16.3. The van der Waals surface area contributed by atoms with Crippen molar-refractivity contribution in [2.75, 3.05) is 0 Å². The molecule has 10 aromatic rings. The number of hydrogen-bond acceptors (Lipinski definition) is 0. The number of benzene rings is 9. The fourth-order valence-electron chi connectivity index (χ4n) is 7.91. The Balaban J connectivity index is 1.26. The van der Waals surface area contributed by atoms with Crippen LogP contribution < -0.4 is 0 Å². The van der Waals surface area contributed by atoms with E-state index in [1.165, 1.54) is 68.7 Å². The Bertz CT molecular complexity index is 2780. The van der Waals surface area contributed by atoms with Crippen LogP contribution in [-0.2, 0) is 0 Å². The molecule has 0 spiro atoms. The summed E-state index contributed by atoms with van der Waals surface area (Å²) in [5.74, 6) is -0.149. The zero-order chi connectivity index (χ0) is 31.8. The van der Waals surface area contributed by atoms with Gasteiger partial charge < -0.3 is 0 Å². The fraction of sp³-hybridized carbons (Fsp3) is 0. The molecule has 0 aliphatic heterocycles. The molecule has 1 aromatic heterocycles. The zero-order valence-electron chi connectivity index (χ0n) is 25.9. The van der Waals surface area contributed by atoms with Gasteiger partial charge in [-0.3, -0.25) is 0 Å². The van der Waals surface area contributed by atoms with Gasteiger partial charge in [-0.1, -0.05) is 0 Å². The minimum atomic E-state index is -0.149. The van der Waals surface area contributed by atoms with Gasteiger partial charge in [0.2, 0.25) is 0 Å². The summed E-state index contributed by atoms with van der Waals surface area (Å²) in [5, 5.41) is 10.9. The number of fused-ring (bicyclic) bond motifs is 7. The molecule has 0 aliphatic rings.